The van der Waals surface area contributed by atoms with Crippen molar-refractivity contribution in [2.75, 3.05) is 33.9 Å². The van der Waals surface area contributed by atoms with Gasteiger partial charge in [0.2, 0.25) is 11.8 Å². The molecule has 3 aliphatic rings. The van der Waals surface area contributed by atoms with Gasteiger partial charge < -0.3 is 24.3 Å². The first-order valence-electron chi connectivity index (χ1n) is 14.7. The molecule has 3 aliphatic heterocycles. The molecule has 0 spiro atoms. The summed E-state index contributed by atoms with van der Waals surface area (Å²) < 4.78 is 11.1. The first-order chi connectivity index (χ1) is 20.6. The summed E-state index contributed by atoms with van der Waals surface area (Å²) in [7, 11) is 3.22. The smallest absolute Gasteiger partial charge is 0.246 e. The molecule has 0 radical (unpaired) electrons. The predicted octanol–water partition coefficient (Wildman–Crippen LogP) is 4.53. The van der Waals surface area contributed by atoms with Crippen LogP contribution in [0.4, 0.5) is 0 Å². The maximum absolute atomic E-state index is 14.3. The zero-order valence-electron chi connectivity index (χ0n) is 24.1. The second-order valence-electron chi connectivity index (χ2n) is 11.6. The zero-order valence-corrected chi connectivity index (χ0v) is 24.1. The standard InChI is InChI=1S/C34H36N4O4/c1-41-29-13-12-23(18-30(29)42-2)33-32-26(25-10-6-7-11-27(25)35-32)19-28-34(40)37(21-31(39)38(28)33)24-14-16-36(17-15-24)20-22-8-4-3-5-9-22/h3-13,18,24,28,33,35H,14-17,19-21H2,1-2H3/t28-,33-/m0/s1. The molecule has 8 heteroatoms. The van der Waals surface area contributed by atoms with Gasteiger partial charge in [0.1, 0.15) is 12.6 Å². The van der Waals surface area contributed by atoms with Crippen molar-refractivity contribution in [1.29, 1.82) is 0 Å². The minimum absolute atomic E-state index is 0.0181. The number of para-hydroxylation sites is 1. The van der Waals surface area contributed by atoms with Gasteiger partial charge in [0.05, 0.1) is 20.3 Å². The van der Waals surface area contributed by atoms with Crippen molar-refractivity contribution in [3.63, 3.8) is 0 Å². The molecule has 42 heavy (non-hydrogen) atoms. The molecular formula is C34H36N4O4. The molecule has 0 bridgehead atoms. The quantitative estimate of drug-likeness (QED) is 0.372. The monoisotopic (exact) mass is 564 g/mol. The number of amides is 2. The molecule has 0 aliphatic carbocycles. The van der Waals surface area contributed by atoms with Crippen molar-refractivity contribution in [2.45, 2.75) is 43.9 Å². The van der Waals surface area contributed by atoms with Gasteiger partial charge in [0.25, 0.3) is 0 Å². The maximum Gasteiger partial charge on any atom is 0.246 e. The molecule has 7 rings (SSSR count). The summed E-state index contributed by atoms with van der Waals surface area (Å²) in [6.45, 7) is 2.84. The van der Waals surface area contributed by atoms with Gasteiger partial charge >= 0.3 is 0 Å². The lowest BCUT2D eigenvalue weighted by molar-refractivity contribution is -0.161. The molecule has 4 heterocycles. The number of rotatable bonds is 6. The largest absolute Gasteiger partial charge is 0.493 e. The van der Waals surface area contributed by atoms with Gasteiger partial charge in [0.15, 0.2) is 11.5 Å². The SMILES string of the molecule is COc1ccc([C@H]2c3[nH]c4ccccc4c3C[C@H]3C(=O)N(C4CCN(Cc5ccccc5)CC4)CC(=O)N23)cc1OC. The second kappa shape index (κ2) is 10.8. The Bertz CT molecular complexity index is 1630. The number of aromatic nitrogens is 1. The Labute approximate surface area is 245 Å². The second-order valence-corrected chi connectivity index (χ2v) is 11.6. The predicted molar refractivity (Wildman–Crippen MR) is 160 cm³/mol. The lowest BCUT2D eigenvalue weighted by Crippen LogP contribution is -2.65. The van der Waals surface area contributed by atoms with Gasteiger partial charge in [-0.2, -0.15) is 0 Å². The Morgan fingerprint density at radius 2 is 1.62 bits per heavy atom. The van der Waals surface area contributed by atoms with Crippen LogP contribution in [0.1, 0.15) is 41.3 Å². The van der Waals surface area contributed by atoms with E-state index in [2.05, 4.69) is 46.3 Å². The van der Waals surface area contributed by atoms with Crippen LogP contribution in [-0.4, -0.2) is 77.4 Å². The Balaban J connectivity index is 1.20. The van der Waals surface area contributed by atoms with E-state index in [-0.39, 0.29) is 24.4 Å². The third kappa shape index (κ3) is 4.50. The third-order valence-corrected chi connectivity index (χ3v) is 9.26. The van der Waals surface area contributed by atoms with Crippen LogP contribution in [0.5, 0.6) is 11.5 Å². The fourth-order valence-corrected chi connectivity index (χ4v) is 7.20. The highest BCUT2D eigenvalue weighted by atomic mass is 16.5. The molecule has 1 N–H and O–H groups in total. The number of piperazine rings is 1. The average Bonchev–Trinajstić information content (AvgIpc) is 3.41. The van der Waals surface area contributed by atoms with E-state index in [4.69, 9.17) is 9.47 Å². The highest BCUT2D eigenvalue weighted by Crippen LogP contribution is 2.44. The number of likely N-dealkylation sites (tertiary alicyclic amines) is 1. The van der Waals surface area contributed by atoms with E-state index in [1.165, 1.54) is 5.56 Å². The zero-order chi connectivity index (χ0) is 28.8. The summed E-state index contributed by atoms with van der Waals surface area (Å²) in [6.07, 6.45) is 2.24. The summed E-state index contributed by atoms with van der Waals surface area (Å²) >= 11 is 0. The Morgan fingerprint density at radius 3 is 2.38 bits per heavy atom. The average molecular weight is 565 g/mol. The molecule has 2 saturated heterocycles. The number of aromatic amines is 1. The lowest BCUT2D eigenvalue weighted by atomic mass is 9.85. The van der Waals surface area contributed by atoms with Gasteiger partial charge in [-0.25, -0.2) is 0 Å². The molecular weight excluding hydrogens is 528 g/mol. The number of methoxy groups -OCH3 is 2. The number of nitrogens with one attached hydrogen (secondary N) is 1. The number of ether oxygens (including phenoxy) is 2. The Morgan fingerprint density at radius 1 is 0.881 bits per heavy atom. The van der Waals surface area contributed by atoms with Crippen LogP contribution in [0.3, 0.4) is 0 Å². The fourth-order valence-electron chi connectivity index (χ4n) is 7.20. The number of hydrogen-bond acceptors (Lipinski definition) is 5. The molecule has 8 nitrogen and oxygen atoms in total. The molecule has 4 aromatic rings. The number of nitrogens with zero attached hydrogens (tertiary/aromatic N) is 3. The number of fused-ring (bicyclic) bond motifs is 4. The molecule has 0 unspecified atom stereocenters. The number of hydrogen-bond donors (Lipinski definition) is 1. The highest BCUT2D eigenvalue weighted by molar-refractivity contribution is 5.98. The first kappa shape index (κ1) is 26.6. The van der Waals surface area contributed by atoms with Crippen molar-refractivity contribution < 1.29 is 19.1 Å². The molecule has 0 saturated carbocycles. The van der Waals surface area contributed by atoms with Crippen molar-refractivity contribution in [3.8, 4) is 11.5 Å². The van der Waals surface area contributed by atoms with Crippen LogP contribution in [0.25, 0.3) is 10.9 Å². The third-order valence-electron chi connectivity index (χ3n) is 9.26. The number of carbonyl (C=O) groups excluding carboxylic acids is 2. The van der Waals surface area contributed by atoms with Crippen molar-refractivity contribution >= 4 is 22.7 Å². The van der Waals surface area contributed by atoms with Crippen LogP contribution < -0.4 is 9.47 Å². The highest BCUT2D eigenvalue weighted by Gasteiger charge is 2.49. The van der Waals surface area contributed by atoms with Gasteiger partial charge in [-0.3, -0.25) is 14.5 Å². The van der Waals surface area contributed by atoms with E-state index in [0.717, 1.165) is 60.2 Å². The van der Waals surface area contributed by atoms with Crippen LogP contribution in [0.15, 0.2) is 72.8 Å². The number of benzene rings is 3. The van der Waals surface area contributed by atoms with Gasteiger partial charge in [0, 0.05) is 48.7 Å². The summed E-state index contributed by atoms with van der Waals surface area (Å²) in [5.74, 6) is 1.25. The van der Waals surface area contributed by atoms with Crippen molar-refractivity contribution in [3.05, 3.63) is 95.2 Å². The maximum atomic E-state index is 14.3. The van der Waals surface area contributed by atoms with Gasteiger partial charge in [-0.05, 0) is 47.7 Å². The summed E-state index contributed by atoms with van der Waals surface area (Å²) in [4.78, 5) is 38.1. The van der Waals surface area contributed by atoms with Crippen LogP contribution in [0, 0.1) is 0 Å². The van der Waals surface area contributed by atoms with Gasteiger partial charge in [-0.1, -0.05) is 54.6 Å². The van der Waals surface area contributed by atoms with E-state index in [0.29, 0.717) is 17.9 Å². The fraction of sp³-hybridized carbons (Fsp3) is 0.353. The minimum atomic E-state index is -0.557. The Kier molecular flexibility index (Phi) is 6.86. The first-order valence-corrected chi connectivity index (χ1v) is 14.7. The molecule has 2 atom stereocenters. The van der Waals surface area contributed by atoms with Gasteiger partial charge in [-0.15, -0.1) is 0 Å². The summed E-state index contributed by atoms with van der Waals surface area (Å²) in [5, 5.41) is 1.10. The molecule has 1 aromatic heterocycles. The topological polar surface area (TPSA) is 78.1 Å². The summed E-state index contributed by atoms with van der Waals surface area (Å²) in [6, 6.07) is 23.5. The number of carbonyl (C=O) groups is 2. The lowest BCUT2D eigenvalue weighted by Gasteiger charge is -2.49. The molecule has 2 fully saturated rings. The van der Waals surface area contributed by atoms with Crippen molar-refractivity contribution in [2.24, 2.45) is 0 Å². The van der Waals surface area contributed by atoms with Crippen LogP contribution in [-0.2, 0) is 22.6 Å². The minimum Gasteiger partial charge on any atom is -0.493 e. The molecule has 216 valence electrons. The molecule has 3 aromatic carbocycles. The molecule has 2 amide bonds. The van der Waals surface area contributed by atoms with E-state index >= 15 is 0 Å². The van der Waals surface area contributed by atoms with Crippen LogP contribution >= 0.6 is 0 Å². The van der Waals surface area contributed by atoms with E-state index in [1.54, 1.807) is 14.2 Å². The normalized spacial score (nSPS) is 21.4. The van der Waals surface area contributed by atoms with E-state index in [9.17, 15) is 9.59 Å². The Hall–Kier alpha value is -4.30. The van der Waals surface area contributed by atoms with Crippen LogP contribution in [0.2, 0.25) is 0 Å². The number of H-pyrrole nitrogens is 1. The number of piperidine rings is 1. The van der Waals surface area contributed by atoms with E-state index < -0.39 is 12.1 Å². The van der Waals surface area contributed by atoms with E-state index in [1.807, 2.05) is 46.2 Å². The summed E-state index contributed by atoms with van der Waals surface area (Å²) in [5.41, 5.74) is 5.26. The van der Waals surface area contributed by atoms with Crippen molar-refractivity contribution in [1.82, 2.24) is 19.7 Å².